The van der Waals surface area contributed by atoms with Gasteiger partial charge in [-0.1, -0.05) is 12.1 Å². The molecule has 2 N–H and O–H groups in total. The van der Waals surface area contributed by atoms with Crippen molar-refractivity contribution in [3.05, 3.63) is 59.3 Å². The van der Waals surface area contributed by atoms with Crippen LogP contribution in [0.1, 0.15) is 11.1 Å². The summed E-state index contributed by atoms with van der Waals surface area (Å²) < 4.78 is 26.1. The fourth-order valence-electron chi connectivity index (χ4n) is 1.47. The lowest BCUT2D eigenvalue weighted by Crippen LogP contribution is -1.99. The van der Waals surface area contributed by atoms with E-state index >= 15 is 0 Å². The molecular formula is C12H10F2N2. The molecule has 2 aromatic rings. The average molecular weight is 220 g/mol. The summed E-state index contributed by atoms with van der Waals surface area (Å²) in [6.07, 6.45) is 1.88. The highest BCUT2D eigenvalue weighted by atomic mass is 19.1. The van der Waals surface area contributed by atoms with Crippen molar-refractivity contribution in [2.75, 3.05) is 5.73 Å². The maximum atomic E-state index is 13.4. The molecule has 16 heavy (non-hydrogen) atoms. The maximum Gasteiger partial charge on any atom is 0.129 e. The van der Waals surface area contributed by atoms with Crippen LogP contribution in [-0.2, 0) is 6.42 Å². The third kappa shape index (κ3) is 2.16. The number of aromatic nitrogens is 1. The summed E-state index contributed by atoms with van der Waals surface area (Å²) in [5, 5.41) is 0. The molecule has 0 atom stereocenters. The summed E-state index contributed by atoms with van der Waals surface area (Å²) in [4.78, 5) is 3.90. The van der Waals surface area contributed by atoms with Crippen LogP contribution >= 0.6 is 0 Å². The number of nitrogens with zero attached hydrogens (tertiary/aromatic N) is 1. The van der Waals surface area contributed by atoms with E-state index in [1.807, 2.05) is 0 Å². The van der Waals surface area contributed by atoms with Crippen molar-refractivity contribution < 1.29 is 8.78 Å². The first kappa shape index (κ1) is 10.5. The maximum absolute atomic E-state index is 13.4. The van der Waals surface area contributed by atoms with Gasteiger partial charge < -0.3 is 5.73 Å². The lowest BCUT2D eigenvalue weighted by atomic mass is 10.1. The van der Waals surface area contributed by atoms with Crippen LogP contribution < -0.4 is 5.73 Å². The molecule has 4 heteroatoms. The quantitative estimate of drug-likeness (QED) is 0.844. The highest BCUT2D eigenvalue weighted by Gasteiger charge is 2.06. The highest BCUT2D eigenvalue weighted by molar-refractivity contribution is 5.42. The third-order valence-electron chi connectivity index (χ3n) is 2.32. The lowest BCUT2D eigenvalue weighted by molar-refractivity contribution is 0.574. The van der Waals surface area contributed by atoms with E-state index < -0.39 is 11.6 Å². The number of hydrogen-bond acceptors (Lipinski definition) is 2. The smallest absolute Gasteiger partial charge is 0.129 e. The minimum absolute atomic E-state index is 0.311. The van der Waals surface area contributed by atoms with Crippen molar-refractivity contribution in [1.29, 1.82) is 0 Å². The Labute approximate surface area is 91.7 Å². The Morgan fingerprint density at radius 1 is 1.12 bits per heavy atom. The molecule has 0 aliphatic heterocycles. The zero-order valence-electron chi connectivity index (χ0n) is 8.45. The van der Waals surface area contributed by atoms with Gasteiger partial charge in [-0.05, 0) is 23.3 Å². The third-order valence-corrected chi connectivity index (χ3v) is 2.32. The summed E-state index contributed by atoms with van der Waals surface area (Å²) >= 11 is 0. The second-order valence-corrected chi connectivity index (χ2v) is 3.46. The molecule has 0 bridgehead atoms. The van der Waals surface area contributed by atoms with Crippen molar-refractivity contribution in [3.8, 4) is 0 Å². The molecule has 0 spiro atoms. The summed E-state index contributed by atoms with van der Waals surface area (Å²) in [6.45, 7) is 0. The molecule has 0 unspecified atom stereocenters. The van der Waals surface area contributed by atoms with E-state index in [0.29, 0.717) is 17.8 Å². The molecule has 82 valence electrons. The molecule has 0 saturated carbocycles. The number of nitrogen functional groups attached to an aromatic ring is 1. The van der Waals surface area contributed by atoms with Crippen LogP contribution in [-0.4, -0.2) is 4.98 Å². The molecule has 1 aromatic heterocycles. The van der Waals surface area contributed by atoms with Crippen LogP contribution in [0.3, 0.4) is 0 Å². The topological polar surface area (TPSA) is 38.9 Å². The second-order valence-electron chi connectivity index (χ2n) is 3.46. The van der Waals surface area contributed by atoms with Crippen molar-refractivity contribution >= 4 is 5.82 Å². The van der Waals surface area contributed by atoms with Crippen LogP contribution in [0.15, 0.2) is 36.5 Å². The first-order valence-electron chi connectivity index (χ1n) is 4.80. The number of nitrogens with two attached hydrogens (primary N) is 1. The van der Waals surface area contributed by atoms with Crippen LogP contribution in [0.2, 0.25) is 0 Å². The molecule has 0 amide bonds. The molecule has 1 heterocycles. The van der Waals surface area contributed by atoms with Crippen LogP contribution in [0.5, 0.6) is 0 Å². The van der Waals surface area contributed by atoms with E-state index in [1.54, 1.807) is 18.3 Å². The Bertz CT molecular complexity index is 512. The molecule has 2 rings (SSSR count). The lowest BCUT2D eigenvalue weighted by Gasteiger charge is -2.05. The largest absolute Gasteiger partial charge is 0.383 e. The first-order chi connectivity index (χ1) is 7.66. The Morgan fingerprint density at radius 2 is 1.94 bits per heavy atom. The first-order valence-corrected chi connectivity index (χ1v) is 4.80. The van der Waals surface area contributed by atoms with E-state index in [4.69, 9.17) is 5.73 Å². The van der Waals surface area contributed by atoms with E-state index in [1.165, 1.54) is 12.1 Å². The van der Waals surface area contributed by atoms with Crippen LogP contribution in [0.4, 0.5) is 14.6 Å². The van der Waals surface area contributed by atoms with E-state index in [0.717, 1.165) is 11.6 Å². The minimum atomic E-state index is -0.583. The van der Waals surface area contributed by atoms with E-state index in [2.05, 4.69) is 4.98 Å². The zero-order valence-corrected chi connectivity index (χ0v) is 8.45. The summed E-state index contributed by atoms with van der Waals surface area (Å²) in [6, 6.07) is 7.00. The van der Waals surface area contributed by atoms with Crippen molar-refractivity contribution in [3.63, 3.8) is 0 Å². The minimum Gasteiger partial charge on any atom is -0.383 e. The zero-order chi connectivity index (χ0) is 11.5. The number of halogens is 2. The molecule has 0 aliphatic rings. The van der Waals surface area contributed by atoms with E-state index in [9.17, 15) is 8.78 Å². The fourth-order valence-corrected chi connectivity index (χ4v) is 1.47. The van der Waals surface area contributed by atoms with Gasteiger partial charge in [-0.15, -0.1) is 0 Å². The summed E-state index contributed by atoms with van der Waals surface area (Å²) in [5.74, 6) is -0.783. The van der Waals surface area contributed by atoms with E-state index in [-0.39, 0.29) is 0 Å². The number of rotatable bonds is 2. The van der Waals surface area contributed by atoms with Gasteiger partial charge in [-0.3, -0.25) is 0 Å². The van der Waals surface area contributed by atoms with Gasteiger partial charge in [0, 0.05) is 18.7 Å². The summed E-state index contributed by atoms with van der Waals surface area (Å²) in [5.41, 5.74) is 6.77. The molecule has 2 nitrogen and oxygen atoms in total. The van der Waals surface area contributed by atoms with Crippen LogP contribution in [0, 0.1) is 11.6 Å². The molecule has 1 aromatic carbocycles. The predicted molar refractivity (Wildman–Crippen MR) is 57.8 cm³/mol. The molecule has 0 aliphatic carbocycles. The Kier molecular flexibility index (Phi) is 2.81. The number of anilines is 1. The van der Waals surface area contributed by atoms with Gasteiger partial charge in [0.1, 0.15) is 17.5 Å². The molecular weight excluding hydrogens is 210 g/mol. The number of hydrogen-bond donors (Lipinski definition) is 1. The normalized spacial score (nSPS) is 10.4. The molecule has 0 radical (unpaired) electrons. The van der Waals surface area contributed by atoms with Gasteiger partial charge in [-0.25, -0.2) is 13.8 Å². The van der Waals surface area contributed by atoms with Crippen molar-refractivity contribution in [1.82, 2.24) is 4.98 Å². The average Bonchev–Trinajstić information content (AvgIpc) is 2.25. The standard InChI is InChI=1S/C12H10F2N2/c13-10-4-3-8(11(14)7-10)6-9-2-1-5-16-12(9)15/h1-5,7H,6H2,(H2,15,16). The van der Waals surface area contributed by atoms with Gasteiger partial charge in [0.25, 0.3) is 0 Å². The van der Waals surface area contributed by atoms with Gasteiger partial charge in [0.2, 0.25) is 0 Å². The van der Waals surface area contributed by atoms with Crippen LogP contribution in [0.25, 0.3) is 0 Å². The number of pyridine rings is 1. The van der Waals surface area contributed by atoms with Gasteiger partial charge >= 0.3 is 0 Å². The SMILES string of the molecule is Nc1ncccc1Cc1ccc(F)cc1F. The second kappa shape index (κ2) is 4.26. The summed E-state index contributed by atoms with van der Waals surface area (Å²) in [7, 11) is 0. The molecule has 0 fully saturated rings. The monoisotopic (exact) mass is 220 g/mol. The Hall–Kier alpha value is -1.97. The molecule has 0 saturated heterocycles. The van der Waals surface area contributed by atoms with Gasteiger partial charge in [-0.2, -0.15) is 0 Å². The fraction of sp³-hybridized carbons (Fsp3) is 0.0833. The van der Waals surface area contributed by atoms with Gasteiger partial charge in [0.15, 0.2) is 0 Å². The highest BCUT2D eigenvalue weighted by Crippen LogP contribution is 2.17. The Morgan fingerprint density at radius 3 is 2.62 bits per heavy atom. The van der Waals surface area contributed by atoms with Gasteiger partial charge in [0.05, 0.1) is 0 Å². The van der Waals surface area contributed by atoms with Crippen molar-refractivity contribution in [2.24, 2.45) is 0 Å². The predicted octanol–water partition coefficient (Wildman–Crippen LogP) is 2.53. The Balaban J connectivity index is 2.31. The van der Waals surface area contributed by atoms with Crippen molar-refractivity contribution in [2.45, 2.75) is 6.42 Å². The number of benzene rings is 1.